The van der Waals surface area contributed by atoms with Gasteiger partial charge in [-0.05, 0) is 55.9 Å². The Morgan fingerprint density at radius 1 is 0.933 bits per heavy atom. The van der Waals surface area contributed by atoms with E-state index < -0.39 is 0 Å². The molecule has 1 amide bonds. The van der Waals surface area contributed by atoms with Gasteiger partial charge in [0.05, 0.1) is 29.4 Å². The highest BCUT2D eigenvalue weighted by Crippen LogP contribution is 2.14. The van der Waals surface area contributed by atoms with Crippen molar-refractivity contribution < 1.29 is 4.79 Å². The molecule has 0 saturated heterocycles. The fourth-order valence-electron chi connectivity index (χ4n) is 3.30. The van der Waals surface area contributed by atoms with E-state index in [9.17, 15) is 10.1 Å². The van der Waals surface area contributed by atoms with Crippen LogP contribution in [0, 0.1) is 22.7 Å². The summed E-state index contributed by atoms with van der Waals surface area (Å²) in [5, 5.41) is 21.1. The summed E-state index contributed by atoms with van der Waals surface area (Å²) < 4.78 is 0. The minimum Gasteiger partial charge on any atom is -0.324 e. The maximum absolute atomic E-state index is 12.7. The van der Waals surface area contributed by atoms with Gasteiger partial charge in [-0.1, -0.05) is 38.1 Å². The van der Waals surface area contributed by atoms with Gasteiger partial charge in [0.1, 0.15) is 6.07 Å². The predicted molar refractivity (Wildman–Crippen MR) is 119 cm³/mol. The zero-order valence-corrected chi connectivity index (χ0v) is 17.8. The number of carbonyl (C=O) groups is 1. The van der Waals surface area contributed by atoms with Crippen LogP contribution in [0.2, 0.25) is 0 Å². The van der Waals surface area contributed by atoms with Gasteiger partial charge in [-0.2, -0.15) is 10.5 Å². The monoisotopic (exact) mass is 403 g/mol. The third-order valence-corrected chi connectivity index (χ3v) is 5.02. The third-order valence-electron chi connectivity index (χ3n) is 5.02. The lowest BCUT2D eigenvalue weighted by Gasteiger charge is -2.24. The molecule has 0 spiro atoms. The fourth-order valence-corrected chi connectivity index (χ4v) is 3.30. The second-order valence-electron chi connectivity index (χ2n) is 7.11. The number of amides is 1. The van der Waals surface area contributed by atoms with Gasteiger partial charge in [-0.15, -0.1) is 0 Å². The molecule has 0 aliphatic rings. The van der Waals surface area contributed by atoms with Gasteiger partial charge in [0, 0.05) is 13.1 Å². The molecule has 0 radical (unpaired) electrons. The summed E-state index contributed by atoms with van der Waals surface area (Å²) in [6, 6.07) is 18.7. The van der Waals surface area contributed by atoms with E-state index in [1.807, 2.05) is 12.1 Å². The number of nitrogens with zero attached hydrogens (tertiary/aromatic N) is 4. The first-order chi connectivity index (χ1) is 14.6. The van der Waals surface area contributed by atoms with Crippen LogP contribution in [0.3, 0.4) is 0 Å². The van der Waals surface area contributed by atoms with Crippen molar-refractivity contribution in [3.63, 3.8) is 0 Å². The van der Waals surface area contributed by atoms with Gasteiger partial charge in [-0.25, -0.2) is 0 Å². The van der Waals surface area contributed by atoms with Crippen LogP contribution in [0.4, 0.5) is 5.69 Å². The summed E-state index contributed by atoms with van der Waals surface area (Å²) in [5.74, 6) is -0.144. The van der Waals surface area contributed by atoms with Crippen molar-refractivity contribution in [2.24, 2.45) is 0 Å². The Hall–Kier alpha value is -3.19. The Bertz CT molecular complexity index is 891. The Balaban J connectivity index is 2.04. The lowest BCUT2D eigenvalue weighted by molar-refractivity contribution is -0.117. The molecule has 2 aromatic rings. The Kier molecular flexibility index (Phi) is 9.54. The van der Waals surface area contributed by atoms with Crippen molar-refractivity contribution in [2.75, 3.05) is 38.0 Å². The molecular formula is C24H29N5O. The summed E-state index contributed by atoms with van der Waals surface area (Å²) in [7, 11) is 0. The standard InChI is InChI=1S/C24H29N5O/c1-3-28(4-2)14-7-15-29(18-21-12-10-20(16-25)11-13-21)19-24(30)27-23-9-6-5-8-22(23)17-26/h5-6,8-13H,3-4,7,14-15,18-19H2,1-2H3,(H,27,30). The molecule has 6 heteroatoms. The predicted octanol–water partition coefficient (Wildman–Crippen LogP) is 3.60. The number of carbonyl (C=O) groups excluding carboxylic acids is 1. The molecule has 0 fully saturated rings. The van der Waals surface area contributed by atoms with Crippen LogP contribution >= 0.6 is 0 Å². The van der Waals surface area contributed by atoms with E-state index >= 15 is 0 Å². The van der Waals surface area contributed by atoms with Crippen molar-refractivity contribution in [1.82, 2.24) is 9.80 Å². The summed E-state index contributed by atoms with van der Waals surface area (Å²) in [5.41, 5.74) is 2.66. The number of anilines is 1. The van der Waals surface area contributed by atoms with Crippen LogP contribution in [-0.4, -0.2) is 48.4 Å². The second kappa shape index (κ2) is 12.4. The summed E-state index contributed by atoms with van der Waals surface area (Å²) >= 11 is 0. The highest BCUT2D eigenvalue weighted by molar-refractivity contribution is 5.93. The molecule has 0 aromatic heterocycles. The van der Waals surface area contributed by atoms with Crippen LogP contribution in [0.1, 0.15) is 37.0 Å². The molecular weight excluding hydrogens is 374 g/mol. The largest absolute Gasteiger partial charge is 0.324 e. The van der Waals surface area contributed by atoms with Crippen molar-refractivity contribution in [1.29, 1.82) is 10.5 Å². The Morgan fingerprint density at radius 3 is 2.23 bits per heavy atom. The number of benzene rings is 2. The highest BCUT2D eigenvalue weighted by atomic mass is 16.2. The van der Waals surface area contributed by atoms with E-state index in [4.69, 9.17) is 5.26 Å². The van der Waals surface area contributed by atoms with Crippen LogP contribution in [0.25, 0.3) is 0 Å². The van der Waals surface area contributed by atoms with E-state index in [1.165, 1.54) is 0 Å². The van der Waals surface area contributed by atoms with E-state index in [0.717, 1.165) is 38.2 Å². The molecule has 156 valence electrons. The number of nitrogens with one attached hydrogen (secondary N) is 1. The molecule has 30 heavy (non-hydrogen) atoms. The first kappa shape index (κ1) is 23.1. The SMILES string of the molecule is CCN(CC)CCCN(CC(=O)Nc1ccccc1C#N)Cc1ccc(C#N)cc1. The van der Waals surface area contributed by atoms with Gasteiger partial charge >= 0.3 is 0 Å². The highest BCUT2D eigenvalue weighted by Gasteiger charge is 2.14. The number of para-hydroxylation sites is 1. The van der Waals surface area contributed by atoms with Crippen molar-refractivity contribution in [3.05, 3.63) is 65.2 Å². The quantitative estimate of drug-likeness (QED) is 0.620. The van der Waals surface area contributed by atoms with Crippen molar-refractivity contribution in [2.45, 2.75) is 26.8 Å². The Morgan fingerprint density at radius 2 is 1.60 bits per heavy atom. The molecule has 0 atom stereocenters. The van der Waals surface area contributed by atoms with Gasteiger partial charge in [-0.3, -0.25) is 9.69 Å². The molecule has 0 bridgehead atoms. The average molecular weight is 404 g/mol. The first-order valence-electron chi connectivity index (χ1n) is 10.3. The zero-order valence-electron chi connectivity index (χ0n) is 17.8. The summed E-state index contributed by atoms with van der Waals surface area (Å²) in [4.78, 5) is 17.1. The molecule has 2 aromatic carbocycles. The van der Waals surface area contributed by atoms with Gasteiger partial charge in [0.15, 0.2) is 0 Å². The molecule has 0 aliphatic carbocycles. The fraction of sp³-hybridized carbons (Fsp3) is 0.375. The normalized spacial score (nSPS) is 10.6. The lowest BCUT2D eigenvalue weighted by Crippen LogP contribution is -2.35. The smallest absolute Gasteiger partial charge is 0.238 e. The van der Waals surface area contributed by atoms with Crippen molar-refractivity contribution >= 4 is 11.6 Å². The summed E-state index contributed by atoms with van der Waals surface area (Å²) in [6.07, 6.45) is 0.958. The van der Waals surface area contributed by atoms with Gasteiger partial charge in [0.25, 0.3) is 0 Å². The van der Waals surface area contributed by atoms with Crippen molar-refractivity contribution in [3.8, 4) is 12.1 Å². The molecule has 0 aliphatic heterocycles. The average Bonchev–Trinajstić information content (AvgIpc) is 2.77. The first-order valence-corrected chi connectivity index (χ1v) is 10.3. The number of rotatable bonds is 11. The van der Waals surface area contributed by atoms with E-state index in [0.29, 0.717) is 23.4 Å². The molecule has 1 N–H and O–H groups in total. The second-order valence-corrected chi connectivity index (χ2v) is 7.11. The maximum atomic E-state index is 12.7. The lowest BCUT2D eigenvalue weighted by atomic mass is 10.1. The number of nitriles is 2. The van der Waals surface area contributed by atoms with Crippen LogP contribution in [0.5, 0.6) is 0 Å². The zero-order chi connectivity index (χ0) is 21.8. The molecule has 0 heterocycles. The molecule has 2 rings (SSSR count). The van der Waals surface area contributed by atoms with Crippen LogP contribution in [-0.2, 0) is 11.3 Å². The minimum absolute atomic E-state index is 0.144. The number of hydrogen-bond acceptors (Lipinski definition) is 5. The summed E-state index contributed by atoms with van der Waals surface area (Å²) in [6.45, 7) is 8.94. The third kappa shape index (κ3) is 7.33. The van der Waals surface area contributed by atoms with Gasteiger partial charge in [0.2, 0.25) is 5.91 Å². The van der Waals surface area contributed by atoms with E-state index in [2.05, 4.69) is 41.1 Å². The Labute approximate surface area is 179 Å². The molecule has 0 saturated carbocycles. The van der Waals surface area contributed by atoms with Crippen LogP contribution < -0.4 is 5.32 Å². The maximum Gasteiger partial charge on any atom is 0.238 e. The minimum atomic E-state index is -0.144. The van der Waals surface area contributed by atoms with Crippen LogP contribution in [0.15, 0.2) is 48.5 Å². The number of hydrogen-bond donors (Lipinski definition) is 1. The van der Waals surface area contributed by atoms with Gasteiger partial charge < -0.3 is 10.2 Å². The topological polar surface area (TPSA) is 83.2 Å². The molecule has 6 nitrogen and oxygen atoms in total. The van der Waals surface area contributed by atoms with E-state index in [1.54, 1.807) is 36.4 Å². The van der Waals surface area contributed by atoms with E-state index in [-0.39, 0.29) is 12.5 Å². The molecule has 0 unspecified atom stereocenters.